The van der Waals surface area contributed by atoms with Gasteiger partial charge in [-0.3, -0.25) is 4.79 Å². The van der Waals surface area contributed by atoms with Crippen LogP contribution in [0.1, 0.15) is 24.2 Å². The minimum Gasteiger partial charge on any atom is -0.504 e. The summed E-state index contributed by atoms with van der Waals surface area (Å²) >= 11 is 1.87. The number of phenolic OH excluding ortho intramolecular Hbond substituents is 1. The van der Waals surface area contributed by atoms with E-state index >= 15 is 0 Å². The molecule has 0 aromatic heterocycles. The second kappa shape index (κ2) is 5.33. The van der Waals surface area contributed by atoms with E-state index < -0.39 is 0 Å². The lowest BCUT2D eigenvalue weighted by Crippen LogP contribution is -2.46. The van der Waals surface area contributed by atoms with Gasteiger partial charge in [0, 0.05) is 23.6 Å². The molecule has 0 unspecified atom stereocenters. The Labute approximate surface area is 117 Å². The Bertz CT molecular complexity index is 488. The first-order valence-corrected chi connectivity index (χ1v) is 7.22. The zero-order valence-corrected chi connectivity index (χ0v) is 12.3. The normalized spacial score (nSPS) is 18.2. The van der Waals surface area contributed by atoms with Gasteiger partial charge in [-0.1, -0.05) is 6.07 Å². The summed E-state index contributed by atoms with van der Waals surface area (Å²) in [6.07, 6.45) is 0. The molecule has 1 aliphatic heterocycles. The van der Waals surface area contributed by atoms with Crippen LogP contribution in [0, 0.1) is 0 Å². The van der Waals surface area contributed by atoms with Gasteiger partial charge in [-0.2, -0.15) is 11.8 Å². The van der Waals surface area contributed by atoms with Crippen LogP contribution < -0.4 is 4.74 Å². The number of methoxy groups -OCH3 is 1. The van der Waals surface area contributed by atoms with Gasteiger partial charge in [-0.05, 0) is 26.0 Å². The molecule has 0 saturated carbocycles. The molecule has 0 aliphatic carbocycles. The zero-order valence-electron chi connectivity index (χ0n) is 11.5. The number of hydrogen-bond donors (Lipinski definition) is 1. The molecular weight excluding hydrogens is 262 g/mol. The van der Waals surface area contributed by atoms with E-state index in [9.17, 15) is 9.90 Å². The van der Waals surface area contributed by atoms with Gasteiger partial charge in [-0.25, -0.2) is 0 Å². The van der Waals surface area contributed by atoms with Crippen LogP contribution in [0.5, 0.6) is 11.5 Å². The van der Waals surface area contributed by atoms with E-state index in [4.69, 9.17) is 4.74 Å². The smallest absolute Gasteiger partial charge is 0.257 e. The number of benzene rings is 1. The maximum atomic E-state index is 12.5. The monoisotopic (exact) mass is 281 g/mol. The quantitative estimate of drug-likeness (QED) is 0.904. The second-order valence-corrected chi connectivity index (χ2v) is 6.99. The van der Waals surface area contributed by atoms with Gasteiger partial charge < -0.3 is 14.7 Å². The predicted molar refractivity (Wildman–Crippen MR) is 77.1 cm³/mol. The molecule has 1 fully saturated rings. The Kier molecular flexibility index (Phi) is 3.94. The van der Waals surface area contributed by atoms with Gasteiger partial charge in [0.1, 0.15) is 0 Å². The number of para-hydroxylation sites is 1. The Morgan fingerprint density at radius 1 is 1.47 bits per heavy atom. The van der Waals surface area contributed by atoms with Gasteiger partial charge >= 0.3 is 0 Å². The van der Waals surface area contributed by atoms with Crippen LogP contribution in [-0.2, 0) is 0 Å². The number of nitrogens with zero attached hydrogens (tertiary/aromatic N) is 1. The van der Waals surface area contributed by atoms with Crippen molar-refractivity contribution in [2.24, 2.45) is 0 Å². The first-order valence-electron chi connectivity index (χ1n) is 6.24. The molecule has 0 spiro atoms. The third kappa shape index (κ3) is 2.97. The van der Waals surface area contributed by atoms with E-state index in [1.54, 1.807) is 23.1 Å². The minimum absolute atomic E-state index is 0.0579. The van der Waals surface area contributed by atoms with Gasteiger partial charge in [0.25, 0.3) is 5.91 Å². The molecule has 0 atom stereocenters. The lowest BCUT2D eigenvalue weighted by molar-refractivity contribution is 0.0744. The van der Waals surface area contributed by atoms with Crippen molar-refractivity contribution in [1.29, 1.82) is 0 Å². The minimum atomic E-state index is -0.134. The van der Waals surface area contributed by atoms with E-state index in [1.165, 1.54) is 7.11 Å². The van der Waals surface area contributed by atoms with E-state index in [2.05, 4.69) is 13.8 Å². The lowest BCUT2D eigenvalue weighted by Gasteiger charge is -2.37. The third-order valence-corrected chi connectivity index (χ3v) is 4.46. The fraction of sp³-hybridized carbons (Fsp3) is 0.500. The highest BCUT2D eigenvalue weighted by Crippen LogP contribution is 2.33. The molecule has 1 aromatic carbocycles. The van der Waals surface area contributed by atoms with Crippen molar-refractivity contribution in [3.05, 3.63) is 23.8 Å². The number of hydrogen-bond acceptors (Lipinski definition) is 4. The molecule has 0 bridgehead atoms. The van der Waals surface area contributed by atoms with Crippen molar-refractivity contribution >= 4 is 17.7 Å². The third-order valence-electron chi connectivity index (χ3n) is 3.16. The van der Waals surface area contributed by atoms with Crippen LogP contribution in [0.3, 0.4) is 0 Å². The SMILES string of the molecule is COc1cccc(C(=O)N2CCSC(C)(C)C2)c1O. The van der Waals surface area contributed by atoms with Crippen LogP contribution in [0.15, 0.2) is 18.2 Å². The van der Waals surface area contributed by atoms with E-state index in [-0.39, 0.29) is 16.4 Å². The zero-order chi connectivity index (χ0) is 14.0. The standard InChI is InChI=1S/C14H19NO3S/c1-14(2)9-15(7-8-19-14)13(17)10-5-4-6-11(18-3)12(10)16/h4-6,16H,7-9H2,1-3H3. The number of carbonyl (C=O) groups excluding carboxylic acids is 1. The highest BCUT2D eigenvalue weighted by Gasteiger charge is 2.31. The van der Waals surface area contributed by atoms with Crippen LogP contribution >= 0.6 is 11.8 Å². The van der Waals surface area contributed by atoms with E-state index in [1.807, 2.05) is 11.8 Å². The average Bonchev–Trinajstić information content (AvgIpc) is 2.37. The summed E-state index contributed by atoms with van der Waals surface area (Å²) in [5.41, 5.74) is 0.307. The maximum absolute atomic E-state index is 12.5. The molecule has 1 amide bonds. The molecule has 1 N–H and O–H groups in total. The van der Waals surface area contributed by atoms with Gasteiger partial charge in [0.05, 0.1) is 12.7 Å². The molecule has 1 aromatic rings. The maximum Gasteiger partial charge on any atom is 0.257 e. The van der Waals surface area contributed by atoms with Crippen molar-refractivity contribution in [1.82, 2.24) is 4.90 Å². The van der Waals surface area contributed by atoms with Crippen LogP contribution in [0.25, 0.3) is 0 Å². The van der Waals surface area contributed by atoms with Crippen molar-refractivity contribution in [2.45, 2.75) is 18.6 Å². The topological polar surface area (TPSA) is 49.8 Å². The van der Waals surface area contributed by atoms with Crippen LogP contribution in [0.4, 0.5) is 0 Å². The molecule has 5 heteroatoms. The van der Waals surface area contributed by atoms with E-state index in [0.717, 1.165) is 5.75 Å². The molecule has 4 nitrogen and oxygen atoms in total. The Balaban J connectivity index is 2.25. The predicted octanol–water partition coefficient (Wildman–Crippen LogP) is 2.37. The Morgan fingerprint density at radius 2 is 2.21 bits per heavy atom. The molecular formula is C14H19NO3S. The molecule has 1 saturated heterocycles. The average molecular weight is 281 g/mol. The highest BCUT2D eigenvalue weighted by atomic mass is 32.2. The summed E-state index contributed by atoms with van der Waals surface area (Å²) in [6, 6.07) is 4.99. The van der Waals surface area contributed by atoms with Crippen molar-refractivity contribution in [2.75, 3.05) is 26.0 Å². The summed E-state index contributed by atoms with van der Waals surface area (Å²) in [4.78, 5) is 14.3. The van der Waals surface area contributed by atoms with Crippen LogP contribution in [-0.4, -0.2) is 46.6 Å². The van der Waals surface area contributed by atoms with Crippen molar-refractivity contribution in [3.63, 3.8) is 0 Å². The molecule has 2 rings (SSSR count). The number of ether oxygens (including phenoxy) is 1. The summed E-state index contributed by atoms with van der Waals surface area (Å²) in [6.45, 7) is 5.65. The molecule has 0 radical (unpaired) electrons. The van der Waals surface area contributed by atoms with Crippen molar-refractivity contribution in [3.8, 4) is 11.5 Å². The highest BCUT2D eigenvalue weighted by molar-refractivity contribution is 8.00. The fourth-order valence-corrected chi connectivity index (χ4v) is 3.33. The molecule has 19 heavy (non-hydrogen) atoms. The summed E-state index contributed by atoms with van der Waals surface area (Å²) in [5.74, 6) is 1.04. The summed E-state index contributed by atoms with van der Waals surface area (Å²) in [7, 11) is 1.48. The van der Waals surface area contributed by atoms with Crippen LogP contribution in [0.2, 0.25) is 0 Å². The first-order chi connectivity index (χ1) is 8.94. The lowest BCUT2D eigenvalue weighted by atomic mass is 10.1. The molecule has 1 aliphatic rings. The molecule has 1 heterocycles. The fourth-order valence-electron chi connectivity index (χ4n) is 2.22. The number of thioether (sulfide) groups is 1. The van der Waals surface area contributed by atoms with Gasteiger partial charge in [0.15, 0.2) is 11.5 Å². The largest absolute Gasteiger partial charge is 0.504 e. The van der Waals surface area contributed by atoms with Gasteiger partial charge in [0.2, 0.25) is 0 Å². The van der Waals surface area contributed by atoms with Gasteiger partial charge in [-0.15, -0.1) is 0 Å². The summed E-state index contributed by atoms with van der Waals surface area (Å²) in [5, 5.41) is 10.0. The number of phenols is 1. The molecule has 104 valence electrons. The van der Waals surface area contributed by atoms with Crippen molar-refractivity contribution < 1.29 is 14.6 Å². The number of amides is 1. The Morgan fingerprint density at radius 3 is 2.84 bits per heavy atom. The summed E-state index contributed by atoms with van der Waals surface area (Å²) < 4.78 is 5.10. The first kappa shape index (κ1) is 14.1. The number of rotatable bonds is 2. The number of aromatic hydroxyl groups is 1. The second-order valence-electron chi connectivity index (χ2n) is 5.19. The van der Waals surface area contributed by atoms with E-state index in [0.29, 0.717) is 24.4 Å². The Hall–Kier alpha value is -1.36. The number of carbonyl (C=O) groups is 1.